The molecule has 128 valence electrons. The molecule has 0 unspecified atom stereocenters. The number of ether oxygens (including phenoxy) is 1. The van der Waals surface area contributed by atoms with Gasteiger partial charge < -0.3 is 4.74 Å². The quantitative estimate of drug-likeness (QED) is 0.250. The molecule has 0 spiro atoms. The van der Waals surface area contributed by atoms with Crippen molar-refractivity contribution in [2.75, 3.05) is 13.2 Å². The van der Waals surface area contributed by atoms with Crippen LogP contribution < -0.4 is 0 Å². The van der Waals surface area contributed by atoms with Gasteiger partial charge in [-0.05, 0) is 25.8 Å². The minimum absolute atomic E-state index is 0.00498. The van der Waals surface area contributed by atoms with E-state index < -0.39 is 11.8 Å². The summed E-state index contributed by atoms with van der Waals surface area (Å²) in [4.78, 5) is 45.0. The molecule has 0 N–H and O–H groups in total. The summed E-state index contributed by atoms with van der Waals surface area (Å²) in [5, 5.41) is 0. The number of carbonyl (C=O) groups is 3. The molecule has 7 heteroatoms. The Morgan fingerprint density at radius 1 is 1.08 bits per heavy atom. The van der Waals surface area contributed by atoms with E-state index in [1.165, 1.54) is 12.2 Å². The average molecular weight is 333 g/mol. The van der Waals surface area contributed by atoms with Crippen molar-refractivity contribution in [3.8, 4) is 0 Å². The molecule has 0 atom stereocenters. The topological polar surface area (TPSA) is 82.1 Å². The summed E-state index contributed by atoms with van der Waals surface area (Å²) < 4.78 is 4.85. The monoisotopic (exact) mass is 333 g/mol. The third-order valence-corrected chi connectivity index (χ3v) is 3.43. The SMILES string of the molecule is CC(C)(OOC(=O)OCCCN1C(=O)C=CC1=O)c1ccccc1. The van der Waals surface area contributed by atoms with Crippen LogP contribution in [0.4, 0.5) is 4.79 Å². The van der Waals surface area contributed by atoms with Crippen molar-refractivity contribution in [1.29, 1.82) is 0 Å². The van der Waals surface area contributed by atoms with Crippen LogP contribution >= 0.6 is 0 Å². The molecule has 1 aliphatic heterocycles. The van der Waals surface area contributed by atoms with Gasteiger partial charge >= 0.3 is 6.16 Å². The van der Waals surface area contributed by atoms with E-state index >= 15 is 0 Å². The Bertz CT molecular complexity index is 620. The van der Waals surface area contributed by atoms with Crippen LogP contribution in [0.15, 0.2) is 42.5 Å². The number of benzene rings is 1. The van der Waals surface area contributed by atoms with E-state index in [2.05, 4.69) is 4.89 Å². The molecule has 2 amide bonds. The number of hydrogen-bond donors (Lipinski definition) is 0. The van der Waals surface area contributed by atoms with Gasteiger partial charge in [-0.3, -0.25) is 19.4 Å². The zero-order valence-electron chi connectivity index (χ0n) is 13.6. The first kappa shape index (κ1) is 17.7. The summed E-state index contributed by atoms with van der Waals surface area (Å²) in [6.45, 7) is 3.69. The third kappa shape index (κ3) is 4.66. The smallest absolute Gasteiger partial charge is 0.432 e. The second-order valence-electron chi connectivity index (χ2n) is 5.66. The van der Waals surface area contributed by atoms with Gasteiger partial charge in [-0.1, -0.05) is 30.3 Å². The molecule has 1 aliphatic rings. The van der Waals surface area contributed by atoms with E-state index in [0.717, 1.165) is 10.5 Å². The zero-order valence-corrected chi connectivity index (χ0v) is 13.6. The van der Waals surface area contributed by atoms with Gasteiger partial charge in [-0.25, -0.2) is 4.79 Å². The minimum atomic E-state index is -0.976. The number of carbonyl (C=O) groups excluding carboxylic acids is 3. The minimum Gasteiger partial charge on any atom is -0.432 e. The molecular weight excluding hydrogens is 314 g/mol. The molecule has 0 radical (unpaired) electrons. The standard InChI is InChI=1S/C17H19NO6/c1-17(2,13-7-4-3-5-8-13)24-23-16(21)22-12-6-11-18-14(19)9-10-15(18)20/h3-5,7-10H,6,11-12H2,1-2H3. The Morgan fingerprint density at radius 2 is 1.71 bits per heavy atom. The lowest BCUT2D eigenvalue weighted by Gasteiger charge is -2.22. The lowest BCUT2D eigenvalue weighted by atomic mass is 9.99. The second-order valence-corrected chi connectivity index (χ2v) is 5.66. The zero-order chi connectivity index (χ0) is 17.6. The highest BCUT2D eigenvalue weighted by molar-refractivity contribution is 6.12. The molecule has 0 saturated heterocycles. The van der Waals surface area contributed by atoms with Crippen LogP contribution in [0, 0.1) is 0 Å². The maximum Gasteiger partial charge on any atom is 0.540 e. The Balaban J connectivity index is 1.67. The highest BCUT2D eigenvalue weighted by Crippen LogP contribution is 2.24. The van der Waals surface area contributed by atoms with Crippen LogP contribution in [0.5, 0.6) is 0 Å². The first-order chi connectivity index (χ1) is 11.4. The van der Waals surface area contributed by atoms with Gasteiger partial charge in [0.1, 0.15) is 5.60 Å². The largest absolute Gasteiger partial charge is 0.540 e. The van der Waals surface area contributed by atoms with Crippen molar-refractivity contribution in [3.63, 3.8) is 0 Å². The fourth-order valence-electron chi connectivity index (χ4n) is 2.08. The lowest BCUT2D eigenvalue weighted by molar-refractivity contribution is -0.322. The molecule has 1 aromatic carbocycles. The fraction of sp³-hybridized carbons (Fsp3) is 0.353. The van der Waals surface area contributed by atoms with Crippen molar-refractivity contribution in [2.45, 2.75) is 25.9 Å². The van der Waals surface area contributed by atoms with Crippen molar-refractivity contribution in [1.82, 2.24) is 4.90 Å². The number of rotatable bonds is 7. The van der Waals surface area contributed by atoms with Gasteiger partial charge in [0.15, 0.2) is 0 Å². The average Bonchev–Trinajstić information content (AvgIpc) is 2.89. The summed E-state index contributed by atoms with van der Waals surface area (Å²) in [5.41, 5.74) is 0.0247. The maximum absolute atomic E-state index is 11.5. The fourth-order valence-corrected chi connectivity index (χ4v) is 2.08. The molecule has 7 nitrogen and oxygen atoms in total. The molecule has 1 aromatic rings. The number of amides is 2. The number of hydrogen-bond acceptors (Lipinski definition) is 6. The van der Waals surface area contributed by atoms with Crippen LogP contribution in [0.3, 0.4) is 0 Å². The van der Waals surface area contributed by atoms with Gasteiger partial charge in [0, 0.05) is 18.7 Å². The Hall–Kier alpha value is -2.67. The van der Waals surface area contributed by atoms with Crippen molar-refractivity contribution < 1.29 is 28.9 Å². The van der Waals surface area contributed by atoms with Gasteiger partial charge in [0.2, 0.25) is 0 Å². The van der Waals surface area contributed by atoms with Crippen molar-refractivity contribution in [3.05, 3.63) is 48.0 Å². The molecule has 24 heavy (non-hydrogen) atoms. The summed E-state index contributed by atoms with van der Waals surface area (Å²) in [6.07, 6.45) is 1.75. The number of imide groups is 1. The molecule has 0 bridgehead atoms. The first-order valence-corrected chi connectivity index (χ1v) is 7.51. The normalized spacial score (nSPS) is 14.2. The van der Waals surface area contributed by atoms with E-state index in [0.29, 0.717) is 6.42 Å². The van der Waals surface area contributed by atoms with Gasteiger partial charge in [-0.2, -0.15) is 4.89 Å². The van der Waals surface area contributed by atoms with Crippen LogP contribution in [0.2, 0.25) is 0 Å². The van der Waals surface area contributed by atoms with E-state index in [1.54, 1.807) is 13.8 Å². The summed E-state index contributed by atoms with van der Waals surface area (Å²) >= 11 is 0. The summed E-state index contributed by atoms with van der Waals surface area (Å²) in [7, 11) is 0. The molecule has 0 aromatic heterocycles. The Labute approximate surface area is 139 Å². The van der Waals surface area contributed by atoms with E-state index in [4.69, 9.17) is 9.62 Å². The molecule has 1 heterocycles. The maximum atomic E-state index is 11.5. The Kier molecular flexibility index (Phi) is 5.70. The Morgan fingerprint density at radius 3 is 2.33 bits per heavy atom. The number of nitrogens with zero attached hydrogens (tertiary/aromatic N) is 1. The molecule has 2 rings (SSSR count). The van der Waals surface area contributed by atoms with Crippen LogP contribution in [0.1, 0.15) is 25.8 Å². The van der Waals surface area contributed by atoms with Gasteiger partial charge in [0.25, 0.3) is 11.8 Å². The van der Waals surface area contributed by atoms with E-state index in [-0.39, 0.29) is 25.0 Å². The summed E-state index contributed by atoms with van der Waals surface area (Å²) in [6, 6.07) is 9.29. The van der Waals surface area contributed by atoms with Crippen LogP contribution in [-0.4, -0.2) is 36.0 Å². The van der Waals surface area contributed by atoms with Crippen LogP contribution in [0.25, 0.3) is 0 Å². The van der Waals surface area contributed by atoms with Gasteiger partial charge in [-0.15, -0.1) is 0 Å². The predicted molar refractivity (Wildman–Crippen MR) is 83.5 cm³/mol. The second kappa shape index (κ2) is 7.74. The molecule has 0 saturated carbocycles. The lowest BCUT2D eigenvalue weighted by Crippen LogP contribution is -2.31. The van der Waals surface area contributed by atoms with Crippen molar-refractivity contribution >= 4 is 18.0 Å². The van der Waals surface area contributed by atoms with Gasteiger partial charge in [0.05, 0.1) is 6.61 Å². The predicted octanol–water partition coefficient (Wildman–Crippen LogP) is 2.32. The molecule has 0 fully saturated rings. The molecule has 0 aliphatic carbocycles. The first-order valence-electron chi connectivity index (χ1n) is 7.51. The van der Waals surface area contributed by atoms with Crippen molar-refractivity contribution in [2.24, 2.45) is 0 Å². The highest BCUT2D eigenvalue weighted by Gasteiger charge is 2.25. The molecular formula is C17H19NO6. The summed E-state index contributed by atoms with van der Waals surface area (Å²) in [5.74, 6) is -0.731. The van der Waals surface area contributed by atoms with Crippen LogP contribution in [-0.2, 0) is 29.7 Å². The highest BCUT2D eigenvalue weighted by atomic mass is 17.2. The third-order valence-electron chi connectivity index (χ3n) is 3.43. The van der Waals surface area contributed by atoms with E-state index in [9.17, 15) is 14.4 Å². The van der Waals surface area contributed by atoms with E-state index in [1.807, 2.05) is 30.3 Å².